The Kier molecular flexibility index (Phi) is 7.05. The van der Waals surface area contributed by atoms with Gasteiger partial charge in [-0.25, -0.2) is 19.9 Å². The lowest BCUT2D eigenvalue weighted by Crippen LogP contribution is -2.00. The first kappa shape index (κ1) is 30.5. The van der Waals surface area contributed by atoms with Crippen LogP contribution in [0, 0.1) is 0 Å². The first-order chi connectivity index (χ1) is 26.2. The van der Waals surface area contributed by atoms with Gasteiger partial charge in [0.15, 0.2) is 17.5 Å². The maximum absolute atomic E-state index is 5.33. The minimum absolute atomic E-state index is 0.655. The van der Waals surface area contributed by atoms with Gasteiger partial charge < -0.3 is 0 Å². The molecule has 11 rings (SSSR count). The van der Waals surface area contributed by atoms with Crippen molar-refractivity contribution < 1.29 is 0 Å². The van der Waals surface area contributed by atoms with E-state index in [4.69, 9.17) is 19.9 Å². The number of benzene rings is 7. The van der Waals surface area contributed by atoms with Crippen LogP contribution in [0.4, 0.5) is 0 Å². The highest BCUT2D eigenvalue weighted by molar-refractivity contribution is 7.26. The molecule has 0 fully saturated rings. The van der Waals surface area contributed by atoms with Gasteiger partial charge in [-0.2, -0.15) is 0 Å². The van der Waals surface area contributed by atoms with E-state index in [0.29, 0.717) is 17.5 Å². The van der Waals surface area contributed by atoms with Gasteiger partial charge in [0.2, 0.25) is 0 Å². The molecule has 0 bridgehead atoms. The molecule has 0 aliphatic rings. The summed E-state index contributed by atoms with van der Waals surface area (Å²) in [5.74, 6) is 1.99. The van der Waals surface area contributed by atoms with Crippen LogP contribution in [-0.2, 0) is 0 Å². The Bertz CT molecular complexity index is 3160. The third-order valence-corrected chi connectivity index (χ3v) is 13.1. The number of nitrogens with zero attached hydrogens (tertiary/aromatic N) is 4. The average Bonchev–Trinajstić information content (AvgIpc) is 3.94. The monoisotopic (exact) mass is 730 g/mol. The first-order valence-corrected chi connectivity index (χ1v) is 19.8. The van der Waals surface area contributed by atoms with Gasteiger partial charge in [0.25, 0.3) is 0 Å². The van der Waals surface area contributed by atoms with Crippen molar-refractivity contribution in [1.82, 2.24) is 19.9 Å². The summed E-state index contributed by atoms with van der Waals surface area (Å²) in [5.41, 5.74) is 7.43. The molecule has 53 heavy (non-hydrogen) atoms. The Morgan fingerprint density at radius 2 is 0.849 bits per heavy atom. The van der Waals surface area contributed by atoms with E-state index in [9.17, 15) is 0 Å². The molecule has 7 aromatic carbocycles. The van der Waals surface area contributed by atoms with Gasteiger partial charge in [-0.3, -0.25) is 0 Å². The van der Waals surface area contributed by atoms with E-state index in [2.05, 4.69) is 133 Å². The largest absolute Gasteiger partial charge is 0.236 e. The minimum Gasteiger partial charge on any atom is -0.236 e. The summed E-state index contributed by atoms with van der Waals surface area (Å²) >= 11 is 5.34. The molecule has 0 aliphatic carbocycles. The van der Waals surface area contributed by atoms with Crippen LogP contribution in [0.2, 0.25) is 0 Å². The first-order valence-electron chi connectivity index (χ1n) is 17.4. The van der Waals surface area contributed by atoms with E-state index >= 15 is 0 Å². The second kappa shape index (κ2) is 12.2. The van der Waals surface area contributed by atoms with E-state index in [-0.39, 0.29) is 0 Å². The van der Waals surface area contributed by atoms with Crippen molar-refractivity contribution in [2.75, 3.05) is 0 Å². The summed E-state index contributed by atoms with van der Waals surface area (Å²) < 4.78 is 6.08. The topological polar surface area (TPSA) is 51.6 Å². The van der Waals surface area contributed by atoms with Gasteiger partial charge >= 0.3 is 0 Å². The number of para-hydroxylation sites is 1. The van der Waals surface area contributed by atoms with Gasteiger partial charge in [-0.05, 0) is 53.6 Å². The van der Waals surface area contributed by atoms with Crippen LogP contribution in [0.15, 0.2) is 158 Å². The van der Waals surface area contributed by atoms with Gasteiger partial charge in [0.05, 0.1) is 10.2 Å². The van der Waals surface area contributed by atoms with Crippen LogP contribution >= 0.6 is 34.0 Å². The van der Waals surface area contributed by atoms with Crippen LogP contribution in [-0.4, -0.2) is 19.9 Å². The molecule has 0 atom stereocenters. The highest BCUT2D eigenvalue weighted by atomic mass is 32.1. The van der Waals surface area contributed by atoms with E-state index in [1.54, 1.807) is 22.7 Å². The third-order valence-electron chi connectivity index (χ3n) is 9.79. The number of rotatable bonds is 5. The predicted octanol–water partition coefficient (Wildman–Crippen LogP) is 13.6. The van der Waals surface area contributed by atoms with Crippen LogP contribution < -0.4 is 0 Å². The molecule has 248 valence electrons. The fourth-order valence-corrected chi connectivity index (χ4v) is 10.7. The van der Waals surface area contributed by atoms with Crippen molar-refractivity contribution in [3.05, 3.63) is 158 Å². The molecule has 0 amide bonds. The fourth-order valence-electron chi connectivity index (χ4n) is 7.40. The lowest BCUT2D eigenvalue weighted by Gasteiger charge is -2.11. The van der Waals surface area contributed by atoms with E-state index < -0.39 is 0 Å². The molecule has 4 aromatic heterocycles. The molecular weight excluding hydrogens is 705 g/mol. The molecule has 0 spiro atoms. The van der Waals surface area contributed by atoms with Crippen LogP contribution in [0.1, 0.15) is 0 Å². The summed E-state index contributed by atoms with van der Waals surface area (Å²) in [6.45, 7) is 0. The molecule has 0 radical (unpaired) electrons. The average molecular weight is 731 g/mol. The van der Waals surface area contributed by atoms with Crippen molar-refractivity contribution in [2.45, 2.75) is 0 Å². The zero-order valence-electron chi connectivity index (χ0n) is 28.0. The Morgan fingerprint density at radius 1 is 0.321 bits per heavy atom. The Balaban J connectivity index is 1.15. The summed E-state index contributed by atoms with van der Waals surface area (Å²) in [7, 11) is 0. The zero-order chi connectivity index (χ0) is 34.9. The van der Waals surface area contributed by atoms with Crippen molar-refractivity contribution >= 4 is 84.6 Å². The highest BCUT2D eigenvalue weighted by Gasteiger charge is 2.21. The summed E-state index contributed by atoms with van der Waals surface area (Å²) in [5, 5.41) is 5.78. The van der Waals surface area contributed by atoms with Gasteiger partial charge in [0.1, 0.15) is 5.01 Å². The van der Waals surface area contributed by atoms with E-state index in [0.717, 1.165) is 43.7 Å². The number of fused-ring (bicyclic) bond motifs is 7. The molecular formula is C46H26N4S3. The molecule has 0 unspecified atom stereocenters. The van der Waals surface area contributed by atoms with Crippen molar-refractivity contribution in [1.29, 1.82) is 0 Å². The molecule has 7 heteroatoms. The maximum atomic E-state index is 5.33. The van der Waals surface area contributed by atoms with Gasteiger partial charge in [-0.1, -0.05) is 115 Å². The van der Waals surface area contributed by atoms with Crippen LogP contribution in [0.3, 0.4) is 0 Å². The number of hydrogen-bond donors (Lipinski definition) is 0. The van der Waals surface area contributed by atoms with Gasteiger partial charge in [-0.15, -0.1) is 34.0 Å². The summed E-state index contributed by atoms with van der Waals surface area (Å²) in [4.78, 5) is 20.7. The lowest BCUT2D eigenvalue weighted by molar-refractivity contribution is 1.08. The Morgan fingerprint density at radius 3 is 1.62 bits per heavy atom. The highest BCUT2D eigenvalue weighted by Crippen LogP contribution is 2.45. The van der Waals surface area contributed by atoms with E-state index in [1.165, 1.54) is 45.2 Å². The normalized spacial score (nSPS) is 11.8. The second-order valence-electron chi connectivity index (χ2n) is 13.0. The Hall–Kier alpha value is -6.12. The van der Waals surface area contributed by atoms with Crippen LogP contribution in [0.5, 0.6) is 0 Å². The van der Waals surface area contributed by atoms with Crippen molar-refractivity contribution in [3.8, 4) is 55.9 Å². The van der Waals surface area contributed by atoms with E-state index in [1.807, 2.05) is 35.6 Å². The summed E-state index contributed by atoms with van der Waals surface area (Å²) in [6, 6.07) is 55.5. The molecule has 4 heterocycles. The predicted molar refractivity (Wildman–Crippen MR) is 226 cm³/mol. The van der Waals surface area contributed by atoms with Crippen molar-refractivity contribution in [2.24, 2.45) is 0 Å². The zero-order valence-corrected chi connectivity index (χ0v) is 30.5. The molecule has 0 saturated carbocycles. The molecule has 4 nitrogen and oxygen atoms in total. The molecule has 0 saturated heterocycles. The number of thiazole rings is 1. The number of thiophene rings is 2. The molecule has 0 N–H and O–H groups in total. The quantitative estimate of drug-likeness (QED) is 0.177. The third kappa shape index (κ3) is 5.08. The molecule has 11 aromatic rings. The standard InChI is InChI=1S/C46H26N4S3/c1-2-12-27(13-3-1)43-48-44(32-18-10-23-37-40(32)31-16-4-6-21-35(31)51-37)50-45(49-43)33-19-11-25-39-42(33)41-30(17-9-24-38(41)52-39)28-14-8-15-29(26-28)46-47-34-20-5-7-22-36(34)53-46/h1-26H. The summed E-state index contributed by atoms with van der Waals surface area (Å²) in [6.07, 6.45) is 0. The number of hydrogen-bond acceptors (Lipinski definition) is 7. The fraction of sp³-hybridized carbons (Fsp3) is 0. The van der Waals surface area contributed by atoms with Crippen LogP contribution in [0.25, 0.3) is 106 Å². The lowest BCUT2D eigenvalue weighted by atomic mass is 9.96. The minimum atomic E-state index is 0.655. The Labute approximate surface area is 316 Å². The SMILES string of the molecule is c1ccc(-c2nc(-c3cccc4sc5ccccc5c34)nc(-c3cccc4sc5cccc(-c6cccc(-c7nc8ccccc8s7)c6)c5c34)n2)cc1. The van der Waals surface area contributed by atoms with Gasteiger partial charge in [0, 0.05) is 62.6 Å². The smallest absolute Gasteiger partial charge is 0.164 e. The maximum Gasteiger partial charge on any atom is 0.164 e. The molecule has 0 aliphatic heterocycles. The second-order valence-corrected chi connectivity index (χ2v) is 16.2. The number of aromatic nitrogens is 4. The van der Waals surface area contributed by atoms with Crippen molar-refractivity contribution in [3.63, 3.8) is 0 Å².